The van der Waals surface area contributed by atoms with Crippen LogP contribution >= 0.6 is 0 Å². The van der Waals surface area contributed by atoms with E-state index in [-0.39, 0.29) is 99.9 Å². The minimum atomic E-state index is -6.35. The summed E-state index contributed by atoms with van der Waals surface area (Å²) in [6, 6.07) is -0.750. The predicted molar refractivity (Wildman–Crippen MR) is 418 cm³/mol. The maximum Gasteiger partial charge on any atom is 0.380 e. The first kappa shape index (κ1) is 99.6. The molecule has 14 saturated heterocycles. The molecule has 45 heteroatoms. The zero-order valence-electron chi connectivity index (χ0n) is 72.8. The standard InChI is InChI=1S/C21H36O4.C14H17N3O9.C14H20N2O5.C12H14F8O4.C11H16N2O4.C10H18O4/c1-21(2,15-3-7-17(8-4-15)22-11-19-13-24-19)16-5-9-18(10-6-16)23-12-20-14-25-20;1-15-12(20)16(2-10(18)25-6-8-4-23-8)14(22)17(13(15)21)3-11(19)26-7-9-5-24-9;1-3-14(4-2)11(17)15(5-9-7-20-9)13(19)16(12(14)18)6-10-8-21-10;13-9(14,5-21-1-7-3-23-7)11(17,18)12(19,20)10(15,16)6-22-2-8-4-24-8;1-11(2)9(14)12(3-7-5-16-7)10(15)13(11)4-8-6-17-8;1(3-11-5-9-7-13-9)2-4-12-6-10-8-14-10/h15-20H,3-14H2,1-2H3;8-9H,2-7H2,1H3;9-10H,3-8H2,1-2H3;7-8H,1-6H2;7-8H,3-6H2,1-2H3;9-10H,1-8H2. The van der Waals surface area contributed by atoms with E-state index in [1.165, 1.54) is 66.1 Å². The first-order valence-electron chi connectivity index (χ1n) is 43.8. The number of rotatable bonds is 46. The Labute approximate surface area is 728 Å². The van der Waals surface area contributed by atoms with E-state index in [9.17, 15) is 83.1 Å². The third kappa shape index (κ3) is 28.8. The summed E-state index contributed by atoms with van der Waals surface area (Å²) >= 11 is 0. The van der Waals surface area contributed by atoms with E-state index in [0.717, 1.165) is 97.8 Å². The summed E-state index contributed by atoms with van der Waals surface area (Å²) in [7, 11) is 1.13. The summed E-state index contributed by atoms with van der Waals surface area (Å²) in [4.78, 5) is 128. The number of ether oxygens (including phenoxy) is 20. The Morgan fingerprint density at radius 3 is 0.992 bits per heavy atom. The van der Waals surface area contributed by atoms with Gasteiger partial charge < -0.3 is 99.6 Å². The van der Waals surface area contributed by atoms with Crippen molar-refractivity contribution in [1.82, 2.24) is 33.3 Å². The van der Waals surface area contributed by atoms with Gasteiger partial charge in [0.1, 0.15) is 99.3 Å². The fourth-order valence-electron chi connectivity index (χ4n) is 14.9. The number of imide groups is 3. The SMILES string of the molecule is C(CCOCC1CO1)COCC1CO1.CC(C)(C1CCC(OCC2CO2)CC1)C1CCC(OCC2CO2)CC1.CC1(C)C(=O)N(CC2CO2)C(=O)N1CC1CO1.CCC1(CC)C(=O)N(CC2CO2)C(=O)N(CC2CO2)C1=O.Cn1c(=O)n(CC(=O)OCC2CO2)c(=O)n(CC(=O)OCC2CO2)c1=O.FC(F)(COCC1CO1)C(F)(F)C(F)(F)C(F)(F)COCC1CO1. The van der Waals surface area contributed by atoms with Gasteiger partial charge in [-0.05, 0) is 108 Å². The number of esters is 2. The second-order valence-corrected chi connectivity index (χ2v) is 35.6. The molecular weight excluding hydrogens is 1710 g/mol. The number of unbranched alkanes of at least 4 members (excludes halogenated alkanes) is 1. The van der Waals surface area contributed by atoms with Crippen LogP contribution in [-0.2, 0) is 139 Å². The van der Waals surface area contributed by atoms with E-state index >= 15 is 0 Å². The minimum absolute atomic E-state index is 0.0170. The van der Waals surface area contributed by atoms with Crippen LogP contribution in [0.5, 0.6) is 0 Å². The van der Waals surface area contributed by atoms with E-state index in [1.54, 1.807) is 18.7 Å². The van der Waals surface area contributed by atoms with Crippen LogP contribution in [0.15, 0.2) is 14.4 Å². The number of amides is 7. The minimum Gasteiger partial charge on any atom is -0.461 e. The Kier molecular flexibility index (Phi) is 34.2. The second-order valence-electron chi connectivity index (χ2n) is 35.6. The van der Waals surface area contributed by atoms with Crippen molar-refractivity contribution in [3.8, 4) is 0 Å². The lowest BCUT2D eigenvalue weighted by molar-refractivity contribution is -0.376. The smallest absolute Gasteiger partial charge is 0.380 e. The Hall–Kier alpha value is -6.38. The summed E-state index contributed by atoms with van der Waals surface area (Å²) in [6.45, 7) is 18.9. The predicted octanol–water partition coefficient (Wildman–Crippen LogP) is 3.72. The fourth-order valence-corrected chi connectivity index (χ4v) is 14.9. The van der Waals surface area contributed by atoms with Crippen LogP contribution in [0.2, 0.25) is 0 Å². The van der Waals surface area contributed by atoms with Crippen LogP contribution in [-0.4, -0.2) is 374 Å². The number of epoxide rings is 12. The van der Waals surface area contributed by atoms with Crippen molar-refractivity contribution in [3.63, 3.8) is 0 Å². The van der Waals surface area contributed by atoms with Crippen molar-refractivity contribution in [2.45, 2.75) is 246 Å². The van der Waals surface area contributed by atoms with E-state index in [1.807, 2.05) is 13.8 Å². The number of urea groups is 2. The molecule has 0 spiro atoms. The van der Waals surface area contributed by atoms with Crippen LogP contribution in [0.1, 0.15) is 119 Å². The van der Waals surface area contributed by atoms with Gasteiger partial charge in [-0.25, -0.2) is 37.7 Å². The highest BCUT2D eigenvalue weighted by Crippen LogP contribution is 2.54. The molecule has 7 amide bonds. The van der Waals surface area contributed by atoms with Gasteiger partial charge in [-0.15, -0.1) is 0 Å². The highest BCUT2D eigenvalue weighted by Gasteiger charge is 2.80. The zero-order valence-corrected chi connectivity index (χ0v) is 72.8. The number of carbonyl (C=O) groups is 7. The van der Waals surface area contributed by atoms with Crippen molar-refractivity contribution in [2.24, 2.45) is 29.7 Å². The van der Waals surface area contributed by atoms with Crippen LogP contribution in [0, 0.1) is 22.7 Å². The first-order valence-corrected chi connectivity index (χ1v) is 43.8. The number of hydrogen-bond donors (Lipinski definition) is 0. The molecule has 127 heavy (non-hydrogen) atoms. The maximum absolute atomic E-state index is 13.4. The van der Waals surface area contributed by atoms with Gasteiger partial charge in [0.2, 0.25) is 11.8 Å². The van der Waals surface area contributed by atoms with Crippen molar-refractivity contribution in [2.75, 3.05) is 185 Å². The number of halogens is 8. The molecule has 0 bridgehead atoms. The number of nitrogens with zero attached hydrogens (tertiary/aromatic N) is 7. The van der Waals surface area contributed by atoms with Gasteiger partial charge in [0.15, 0.2) is 0 Å². The number of alkyl halides is 8. The number of carbonyl (C=O) groups excluding carboxylic acids is 7. The monoisotopic (exact) mass is 1840 g/mol. The molecular formula is C82H121F8N7O30. The third-order valence-electron chi connectivity index (χ3n) is 24.6. The highest BCUT2D eigenvalue weighted by molar-refractivity contribution is 6.19. The highest BCUT2D eigenvalue weighted by atomic mass is 19.4. The Morgan fingerprint density at radius 1 is 0.386 bits per heavy atom. The van der Waals surface area contributed by atoms with Crippen LogP contribution < -0.4 is 17.1 Å². The maximum atomic E-state index is 13.4. The van der Waals surface area contributed by atoms with Crippen molar-refractivity contribution >= 4 is 41.7 Å². The molecule has 37 nitrogen and oxygen atoms in total. The lowest BCUT2D eigenvalue weighted by atomic mass is 9.60. The van der Waals surface area contributed by atoms with Crippen molar-refractivity contribution < 1.29 is 163 Å². The van der Waals surface area contributed by atoms with Gasteiger partial charge in [0, 0.05) is 20.3 Å². The number of barbiturate groups is 1. The molecule has 2 saturated carbocycles. The molecule has 17 rings (SSSR count). The summed E-state index contributed by atoms with van der Waals surface area (Å²) in [6.07, 6.45) is 14.2. The van der Waals surface area contributed by atoms with Gasteiger partial charge in [0.25, 0.3) is 5.91 Å². The van der Waals surface area contributed by atoms with E-state index in [4.69, 9.17) is 75.8 Å². The average Bonchev–Trinajstić information content (AvgIpc) is 1.40. The second kappa shape index (κ2) is 43.5. The quantitative estimate of drug-likeness (QED) is 0.0224. The molecule has 1 aromatic rings. The van der Waals surface area contributed by atoms with E-state index in [2.05, 4.69) is 32.8 Å². The molecule has 720 valence electrons. The number of aromatic nitrogens is 3. The van der Waals surface area contributed by atoms with Gasteiger partial charge in [-0.2, -0.15) is 35.1 Å². The molecule has 14 aliphatic heterocycles. The molecule has 15 heterocycles. The van der Waals surface area contributed by atoms with Crippen LogP contribution in [0.3, 0.4) is 0 Å². The van der Waals surface area contributed by atoms with Gasteiger partial charge in [-0.1, -0.05) is 27.7 Å². The Bertz CT molecular complexity index is 3820. The molecule has 12 atom stereocenters. The summed E-state index contributed by atoms with van der Waals surface area (Å²) < 4.78 is 210. The Morgan fingerprint density at radius 2 is 0.677 bits per heavy atom. The number of hydrogen-bond acceptors (Lipinski definition) is 30. The molecule has 0 radical (unpaired) electrons. The molecule has 0 N–H and O–H groups in total. The van der Waals surface area contributed by atoms with Crippen LogP contribution in [0.4, 0.5) is 44.7 Å². The molecule has 12 unspecified atom stereocenters. The Balaban J connectivity index is 0.000000140. The summed E-state index contributed by atoms with van der Waals surface area (Å²) in [5.74, 6) is -24.6. The van der Waals surface area contributed by atoms with Gasteiger partial charge in [0.05, 0.1) is 182 Å². The molecule has 16 aliphatic rings. The normalized spacial score (nSPS) is 30.0. The van der Waals surface area contributed by atoms with Crippen molar-refractivity contribution in [1.29, 1.82) is 0 Å². The molecule has 2 aliphatic carbocycles. The largest absolute Gasteiger partial charge is 0.461 e. The topological polar surface area (TPSA) is 423 Å². The third-order valence-corrected chi connectivity index (χ3v) is 24.6. The van der Waals surface area contributed by atoms with Gasteiger partial charge in [-0.3, -0.25) is 38.7 Å². The van der Waals surface area contributed by atoms with E-state index in [0.29, 0.717) is 121 Å². The molecule has 1 aromatic heterocycles. The summed E-state index contributed by atoms with van der Waals surface area (Å²) in [5, 5.41) is 0. The zero-order chi connectivity index (χ0) is 91.4. The molecule has 0 aromatic carbocycles. The fraction of sp³-hybridized carbons (Fsp3) is 0.878. The lowest BCUT2D eigenvalue weighted by Gasteiger charge is -2.46. The summed E-state index contributed by atoms with van der Waals surface area (Å²) in [5.41, 5.74) is -4.52. The van der Waals surface area contributed by atoms with Crippen molar-refractivity contribution in [3.05, 3.63) is 31.5 Å². The van der Waals surface area contributed by atoms with E-state index < -0.39 is 121 Å². The lowest BCUT2D eigenvalue weighted by Crippen LogP contribution is -2.66. The van der Waals surface area contributed by atoms with Gasteiger partial charge >= 0.3 is 64.8 Å². The van der Waals surface area contributed by atoms with Crippen LogP contribution in [0.25, 0.3) is 0 Å². The first-order chi connectivity index (χ1) is 60.4. The molecule has 16 fully saturated rings. The average molecular weight is 1840 g/mol.